The smallest absolute Gasteiger partial charge is 0.319 e. The third-order valence-corrected chi connectivity index (χ3v) is 4.74. The summed E-state index contributed by atoms with van der Waals surface area (Å²) in [5.74, 6) is 1.01. The number of nitrogens with zero attached hydrogens (tertiary/aromatic N) is 3. The molecule has 2 heterocycles. The molecule has 1 aliphatic rings. The van der Waals surface area contributed by atoms with E-state index in [2.05, 4.69) is 30.4 Å². The Morgan fingerprint density at radius 3 is 3.04 bits per heavy atom. The van der Waals surface area contributed by atoms with Gasteiger partial charge in [0.05, 0.1) is 17.4 Å². The van der Waals surface area contributed by atoms with Crippen LogP contribution in [0.5, 0.6) is 0 Å². The van der Waals surface area contributed by atoms with Crippen LogP contribution in [-0.4, -0.2) is 32.3 Å². The van der Waals surface area contributed by atoms with E-state index in [1.165, 1.54) is 0 Å². The van der Waals surface area contributed by atoms with Gasteiger partial charge in [-0.25, -0.2) is 9.78 Å². The SMILES string of the molecule is Cc1nccn1CC1(CNC(=O)Nc2cccc3cn[nH]c23)CC1. The van der Waals surface area contributed by atoms with E-state index in [0.29, 0.717) is 6.54 Å². The first kappa shape index (κ1) is 14.7. The van der Waals surface area contributed by atoms with Gasteiger partial charge in [-0.3, -0.25) is 5.10 Å². The van der Waals surface area contributed by atoms with E-state index in [9.17, 15) is 4.79 Å². The standard InChI is InChI=1S/C17H20N6O/c1-12-18-7-8-23(12)11-17(5-6-17)10-19-16(24)21-14-4-2-3-13-9-20-22-15(13)14/h2-4,7-9H,5-6,10-11H2,1H3,(H,20,22)(H2,19,21,24). The Balaban J connectivity index is 1.37. The number of aromatic nitrogens is 4. The van der Waals surface area contributed by atoms with Crippen molar-refractivity contribution in [3.05, 3.63) is 42.6 Å². The fourth-order valence-corrected chi connectivity index (χ4v) is 3.01. The highest BCUT2D eigenvalue weighted by atomic mass is 16.2. The second-order valence-corrected chi connectivity index (χ2v) is 6.55. The number of amides is 2. The lowest BCUT2D eigenvalue weighted by Crippen LogP contribution is -2.35. The minimum Gasteiger partial charge on any atom is -0.337 e. The first-order chi connectivity index (χ1) is 11.7. The number of benzene rings is 1. The Kier molecular flexibility index (Phi) is 3.48. The molecular weight excluding hydrogens is 304 g/mol. The number of aryl methyl sites for hydroxylation is 1. The lowest BCUT2D eigenvalue weighted by Gasteiger charge is -2.18. The zero-order valence-corrected chi connectivity index (χ0v) is 13.5. The molecule has 1 aromatic carbocycles. The average Bonchev–Trinajstić information content (AvgIpc) is 2.96. The molecule has 0 aliphatic heterocycles. The molecule has 1 aliphatic carbocycles. The van der Waals surface area contributed by atoms with Crippen molar-refractivity contribution in [1.29, 1.82) is 0 Å². The van der Waals surface area contributed by atoms with Gasteiger partial charge < -0.3 is 15.2 Å². The fraction of sp³-hybridized carbons (Fsp3) is 0.353. The van der Waals surface area contributed by atoms with Gasteiger partial charge in [0.1, 0.15) is 5.82 Å². The van der Waals surface area contributed by atoms with Gasteiger partial charge in [-0.15, -0.1) is 0 Å². The van der Waals surface area contributed by atoms with Gasteiger partial charge in [0.2, 0.25) is 0 Å². The van der Waals surface area contributed by atoms with Crippen LogP contribution in [0.15, 0.2) is 36.8 Å². The summed E-state index contributed by atoms with van der Waals surface area (Å²) in [4.78, 5) is 16.5. The number of imidazole rings is 1. The number of fused-ring (bicyclic) bond motifs is 1. The number of rotatable bonds is 5. The summed E-state index contributed by atoms with van der Waals surface area (Å²) in [5.41, 5.74) is 1.73. The number of nitrogens with one attached hydrogen (secondary N) is 3. The molecule has 24 heavy (non-hydrogen) atoms. The quantitative estimate of drug-likeness (QED) is 0.674. The average molecular weight is 324 g/mol. The molecule has 124 valence electrons. The van der Waals surface area contributed by atoms with E-state index in [1.54, 1.807) is 6.20 Å². The summed E-state index contributed by atoms with van der Waals surface area (Å²) in [6.07, 6.45) is 7.80. The Hall–Kier alpha value is -2.83. The monoisotopic (exact) mass is 324 g/mol. The summed E-state index contributed by atoms with van der Waals surface area (Å²) in [7, 11) is 0. The minimum atomic E-state index is -0.189. The number of urea groups is 1. The third-order valence-electron chi connectivity index (χ3n) is 4.74. The molecule has 7 heteroatoms. The van der Waals surface area contributed by atoms with E-state index in [0.717, 1.165) is 41.8 Å². The van der Waals surface area contributed by atoms with Crippen LogP contribution in [0.3, 0.4) is 0 Å². The van der Waals surface area contributed by atoms with Crippen LogP contribution < -0.4 is 10.6 Å². The number of H-pyrrole nitrogens is 1. The molecule has 2 amide bonds. The molecule has 0 bridgehead atoms. The van der Waals surface area contributed by atoms with Gasteiger partial charge in [0, 0.05) is 36.3 Å². The molecule has 3 N–H and O–H groups in total. The maximum Gasteiger partial charge on any atom is 0.319 e. The largest absolute Gasteiger partial charge is 0.337 e. The second-order valence-electron chi connectivity index (χ2n) is 6.55. The van der Waals surface area contributed by atoms with Crippen LogP contribution in [0.25, 0.3) is 10.9 Å². The van der Waals surface area contributed by atoms with Gasteiger partial charge in [-0.05, 0) is 25.8 Å². The van der Waals surface area contributed by atoms with Crippen LogP contribution in [-0.2, 0) is 6.54 Å². The molecule has 0 unspecified atom stereocenters. The van der Waals surface area contributed by atoms with Crippen LogP contribution >= 0.6 is 0 Å². The minimum absolute atomic E-state index is 0.156. The highest BCUT2D eigenvalue weighted by Crippen LogP contribution is 2.46. The number of aromatic amines is 1. The van der Waals surface area contributed by atoms with E-state index in [-0.39, 0.29) is 11.4 Å². The maximum absolute atomic E-state index is 12.2. The first-order valence-corrected chi connectivity index (χ1v) is 8.10. The van der Waals surface area contributed by atoms with E-state index in [4.69, 9.17) is 0 Å². The molecule has 2 aromatic heterocycles. The lowest BCUT2D eigenvalue weighted by atomic mass is 10.1. The first-order valence-electron chi connectivity index (χ1n) is 8.10. The summed E-state index contributed by atoms with van der Waals surface area (Å²) >= 11 is 0. The Morgan fingerprint density at radius 2 is 2.29 bits per heavy atom. The van der Waals surface area contributed by atoms with Crippen LogP contribution in [0, 0.1) is 12.3 Å². The van der Waals surface area contributed by atoms with Crippen molar-refractivity contribution in [3.8, 4) is 0 Å². The lowest BCUT2D eigenvalue weighted by molar-refractivity contribution is 0.248. The molecule has 0 radical (unpaired) electrons. The molecule has 0 atom stereocenters. The Bertz CT molecular complexity index is 876. The van der Waals surface area contributed by atoms with Gasteiger partial charge in [0.25, 0.3) is 0 Å². The summed E-state index contributed by atoms with van der Waals surface area (Å²) in [6.45, 7) is 3.56. The third kappa shape index (κ3) is 2.84. The molecule has 0 spiro atoms. The van der Waals surface area contributed by atoms with E-state index in [1.807, 2.05) is 37.5 Å². The predicted molar refractivity (Wildman–Crippen MR) is 91.7 cm³/mol. The highest BCUT2D eigenvalue weighted by molar-refractivity contribution is 5.99. The number of hydrogen-bond acceptors (Lipinski definition) is 3. The number of hydrogen-bond donors (Lipinski definition) is 3. The molecule has 0 saturated heterocycles. The molecule has 3 aromatic rings. The predicted octanol–water partition coefficient (Wildman–Crippen LogP) is 2.67. The Labute approximate surface area is 139 Å². The molecule has 1 fully saturated rings. The van der Waals surface area contributed by atoms with Crippen LogP contribution in [0.4, 0.5) is 10.5 Å². The summed E-state index contributed by atoms with van der Waals surface area (Å²) in [5, 5.41) is 13.8. The Morgan fingerprint density at radius 1 is 1.42 bits per heavy atom. The number of carbonyl (C=O) groups excluding carboxylic acids is 1. The van der Waals surface area contributed by atoms with Crippen molar-refractivity contribution in [3.63, 3.8) is 0 Å². The molecular formula is C17H20N6O. The second kappa shape index (κ2) is 5.67. The summed E-state index contributed by atoms with van der Waals surface area (Å²) < 4.78 is 2.15. The molecule has 7 nitrogen and oxygen atoms in total. The van der Waals surface area contributed by atoms with Crippen molar-refractivity contribution in [2.75, 3.05) is 11.9 Å². The van der Waals surface area contributed by atoms with E-state index >= 15 is 0 Å². The normalized spacial score (nSPS) is 15.4. The van der Waals surface area contributed by atoms with Crippen LogP contribution in [0.2, 0.25) is 0 Å². The van der Waals surface area contributed by atoms with Gasteiger partial charge in [0.15, 0.2) is 0 Å². The van der Waals surface area contributed by atoms with Gasteiger partial charge in [-0.2, -0.15) is 5.10 Å². The fourth-order valence-electron chi connectivity index (χ4n) is 3.01. The number of para-hydroxylation sites is 1. The van der Waals surface area contributed by atoms with Gasteiger partial charge in [-0.1, -0.05) is 12.1 Å². The maximum atomic E-state index is 12.2. The van der Waals surface area contributed by atoms with Crippen molar-refractivity contribution in [2.24, 2.45) is 5.41 Å². The zero-order valence-electron chi connectivity index (χ0n) is 13.5. The summed E-state index contributed by atoms with van der Waals surface area (Å²) in [6, 6.07) is 5.53. The van der Waals surface area contributed by atoms with Crippen molar-refractivity contribution >= 4 is 22.6 Å². The number of carbonyl (C=O) groups is 1. The van der Waals surface area contributed by atoms with Crippen molar-refractivity contribution < 1.29 is 4.79 Å². The zero-order chi connectivity index (χ0) is 16.6. The van der Waals surface area contributed by atoms with Crippen molar-refractivity contribution in [2.45, 2.75) is 26.3 Å². The van der Waals surface area contributed by atoms with Crippen molar-refractivity contribution in [1.82, 2.24) is 25.1 Å². The van der Waals surface area contributed by atoms with E-state index < -0.39 is 0 Å². The van der Waals surface area contributed by atoms with Gasteiger partial charge >= 0.3 is 6.03 Å². The molecule has 1 saturated carbocycles. The number of anilines is 1. The topological polar surface area (TPSA) is 87.6 Å². The highest BCUT2D eigenvalue weighted by Gasteiger charge is 2.43. The molecule has 4 rings (SSSR count). The van der Waals surface area contributed by atoms with Crippen LogP contribution in [0.1, 0.15) is 18.7 Å².